The number of carbonyl (C=O) groups excluding carboxylic acids is 9. The number of anilines is 2. The Morgan fingerprint density at radius 1 is 0.945 bits per heavy atom. The molecule has 11 atom stereocenters. The van der Waals surface area contributed by atoms with E-state index in [9.17, 15) is 48.3 Å². The van der Waals surface area contributed by atoms with Crippen LogP contribution in [0.5, 0.6) is 11.5 Å². The number of halogens is 1. The van der Waals surface area contributed by atoms with E-state index in [1.807, 2.05) is 17.9 Å². The summed E-state index contributed by atoms with van der Waals surface area (Å²) in [5.41, 5.74) is 4.09. The average molecular weight is 1290 g/mol. The number of epoxide rings is 1. The van der Waals surface area contributed by atoms with Gasteiger partial charge in [-0.15, -0.1) is 0 Å². The summed E-state index contributed by atoms with van der Waals surface area (Å²) in [7, 11) is 7.08. The number of urea groups is 1. The lowest BCUT2D eigenvalue weighted by atomic mass is 9.80. The van der Waals surface area contributed by atoms with Crippen molar-refractivity contribution in [2.24, 2.45) is 28.9 Å². The van der Waals surface area contributed by atoms with Crippen LogP contribution in [0.15, 0.2) is 54.1 Å². The smallest absolute Gasteiger partial charge is 0.409 e. The van der Waals surface area contributed by atoms with Gasteiger partial charge in [-0.05, 0) is 106 Å². The van der Waals surface area contributed by atoms with Gasteiger partial charge in [-0.25, -0.2) is 14.4 Å². The summed E-state index contributed by atoms with van der Waals surface area (Å²) in [4.78, 5) is 126. The van der Waals surface area contributed by atoms with Crippen LogP contribution in [0.4, 0.5) is 21.0 Å². The number of alkyl carbamates (subject to hydrolysis) is 1. The number of esters is 1. The van der Waals surface area contributed by atoms with Gasteiger partial charge >= 0.3 is 18.1 Å². The number of likely N-dealkylation sites (N-methyl/N-ethyl adjacent to an activating group) is 1. The topological polar surface area (TPSA) is 328 Å². The molecule has 26 heteroatoms. The molecule has 0 spiro atoms. The van der Waals surface area contributed by atoms with Gasteiger partial charge in [-0.3, -0.25) is 34.1 Å². The molecule has 91 heavy (non-hydrogen) atoms. The summed E-state index contributed by atoms with van der Waals surface area (Å²) in [5, 5.41) is 25.5. The largest absolute Gasteiger partial charge is 0.495 e. The summed E-state index contributed by atoms with van der Waals surface area (Å²) in [6.45, 7) is 18.1. The zero-order valence-corrected chi connectivity index (χ0v) is 55.7. The SMILES string of the molecule is COc1cc(C(=O)N(C)[C@@H](C)C(=O)O[C@H]2CC(=O)N(C)c3cc(cc(OC)c3Cl)C/C(C)=C/C=C/[C@@H](OC)[C@@]3(O)C[C@H](OC(=O)N3)[C@@H](C)[C@@H]3O[C@@]23C)ccc1NC(=O)[C@H](CCCNC(N)=O)NC(=O)[C@@H](NC(=O)CCCCCN1CC(C(C)(C)C)CC1=O)C(C)C. The molecule has 4 aliphatic rings. The second-order valence-corrected chi connectivity index (χ2v) is 26.3. The number of fused-ring (bicyclic) bond motifs is 5. The van der Waals surface area contributed by atoms with E-state index in [2.05, 4.69) is 47.4 Å². The summed E-state index contributed by atoms with van der Waals surface area (Å²) >= 11 is 6.87. The Bertz CT molecular complexity index is 3080. The zero-order chi connectivity index (χ0) is 67.4. The van der Waals surface area contributed by atoms with Gasteiger partial charge in [-0.2, -0.15) is 0 Å². The van der Waals surface area contributed by atoms with Crippen LogP contribution in [0.1, 0.15) is 136 Å². The minimum absolute atomic E-state index is 0.0292. The first kappa shape index (κ1) is 72.6. The monoisotopic (exact) mass is 1290 g/mol. The van der Waals surface area contributed by atoms with Crippen molar-refractivity contribution in [3.8, 4) is 11.5 Å². The molecule has 25 nitrogen and oxygen atoms in total. The Hall–Kier alpha value is -7.48. The first-order valence-corrected chi connectivity index (χ1v) is 31.4. The number of benzene rings is 2. The Labute approximate surface area is 538 Å². The van der Waals surface area contributed by atoms with Gasteiger partial charge in [0.25, 0.3) is 5.91 Å². The molecule has 6 rings (SSSR count). The summed E-state index contributed by atoms with van der Waals surface area (Å²) in [6.07, 6.45) is 2.89. The van der Waals surface area contributed by atoms with Gasteiger partial charge < -0.3 is 75.2 Å². The molecule has 3 fully saturated rings. The molecule has 1 unspecified atom stereocenters. The van der Waals surface area contributed by atoms with Crippen molar-refractivity contribution in [3.63, 3.8) is 0 Å². The van der Waals surface area contributed by atoms with Crippen molar-refractivity contribution in [1.82, 2.24) is 31.1 Å². The Morgan fingerprint density at radius 3 is 2.29 bits per heavy atom. The number of hydrogen-bond acceptors (Lipinski definition) is 16. The molecular formula is C65H94ClN9O16. The molecule has 2 aromatic rings. The first-order chi connectivity index (χ1) is 42.7. The van der Waals surface area contributed by atoms with E-state index < -0.39 is 108 Å². The van der Waals surface area contributed by atoms with Gasteiger partial charge in [-0.1, -0.05) is 83.4 Å². The van der Waals surface area contributed by atoms with Crippen molar-refractivity contribution < 1.29 is 76.7 Å². The molecule has 0 saturated carbocycles. The Kier molecular flexibility index (Phi) is 24.9. The van der Waals surface area contributed by atoms with E-state index in [0.29, 0.717) is 49.6 Å². The van der Waals surface area contributed by atoms with Crippen LogP contribution in [0, 0.1) is 23.2 Å². The number of carbonyl (C=O) groups is 9. The number of unbranched alkanes of at least 4 members (excludes halogenated alkanes) is 2. The number of nitrogens with two attached hydrogens (primary N) is 1. The van der Waals surface area contributed by atoms with E-state index in [4.69, 9.17) is 45.8 Å². The lowest BCUT2D eigenvalue weighted by molar-refractivity contribution is -0.158. The second-order valence-electron chi connectivity index (χ2n) is 25.9. The fraction of sp³-hybridized carbons (Fsp3) is 0.615. The number of hydrogen-bond donors (Lipinski definition) is 7. The van der Waals surface area contributed by atoms with Crippen LogP contribution < -0.4 is 46.7 Å². The third kappa shape index (κ3) is 18.6. The molecular weight excluding hydrogens is 1200 g/mol. The minimum Gasteiger partial charge on any atom is -0.495 e. The number of ether oxygens (including phenoxy) is 6. The molecule has 3 saturated heterocycles. The van der Waals surface area contributed by atoms with Crippen LogP contribution in [0.3, 0.4) is 0 Å². The van der Waals surface area contributed by atoms with E-state index in [1.165, 1.54) is 65.4 Å². The standard InChI is InChI=1S/C65H94ClN9O16/c1-36(2)55(71-51(76)23-16-15-17-27-75-35-42(32-53(75)78)63(6,7)8)58(80)70-44(21-19-26-68-61(67)83)57(79)69-43-25-24-41(31-46(43)86-12)59(81)73(10)39(5)60(82)90-50-33-52(77)74(11)45-29-40(30-47(87-13)54(45)66)28-37(3)20-18-22-49(88-14)65(85)34-48(89-62(84)72-65)38(4)56-64(50,9)91-56/h18,20,22,24-25,29-31,36,38-39,42,44,48-50,55-56,85H,15-17,19,21,23,26-28,32-35H2,1-14H3,(H,69,79)(H,70,80)(H,71,76)(H,72,84)(H3,67,68,83)/b22-18+,37-20+/t38-,39+,42?,44+,48+,49-,50+,55+,56+,64+,65+/m1/s1. The number of nitrogens with one attached hydrogen (secondary N) is 5. The highest BCUT2D eigenvalue weighted by atomic mass is 35.5. The van der Waals surface area contributed by atoms with E-state index in [-0.39, 0.29) is 77.4 Å². The van der Waals surface area contributed by atoms with Crippen molar-refractivity contribution >= 4 is 76.5 Å². The van der Waals surface area contributed by atoms with Crippen molar-refractivity contribution in [3.05, 3.63) is 70.3 Å². The fourth-order valence-corrected chi connectivity index (χ4v) is 12.0. The predicted molar refractivity (Wildman–Crippen MR) is 340 cm³/mol. The molecule has 2 aromatic carbocycles. The number of nitrogens with zero attached hydrogens (tertiary/aromatic N) is 3. The number of allylic oxidation sites excluding steroid dienone is 3. The third-order valence-corrected chi connectivity index (χ3v) is 18.2. The highest BCUT2D eigenvalue weighted by molar-refractivity contribution is 6.35. The number of primary amides is 1. The molecule has 4 bridgehead atoms. The number of likely N-dealkylation sites (tertiary alicyclic amines) is 1. The van der Waals surface area contributed by atoms with Crippen LogP contribution in [0.2, 0.25) is 5.02 Å². The van der Waals surface area contributed by atoms with Crippen LogP contribution in [-0.4, -0.2) is 177 Å². The summed E-state index contributed by atoms with van der Waals surface area (Å²) in [6, 6.07) is 3.39. The fourth-order valence-electron chi connectivity index (χ4n) is 11.7. The predicted octanol–water partition coefficient (Wildman–Crippen LogP) is 6.30. The number of aliphatic hydroxyl groups is 1. The highest BCUT2D eigenvalue weighted by Gasteiger charge is 2.64. The van der Waals surface area contributed by atoms with Crippen molar-refractivity contribution in [1.29, 1.82) is 0 Å². The number of amides is 9. The Morgan fingerprint density at radius 2 is 1.65 bits per heavy atom. The molecule has 0 radical (unpaired) electrons. The maximum Gasteiger partial charge on any atom is 0.409 e. The van der Waals surface area contributed by atoms with Crippen molar-refractivity contribution in [2.45, 2.75) is 180 Å². The lowest BCUT2D eigenvalue weighted by Crippen LogP contribution is -2.63. The maximum atomic E-state index is 14.6. The molecule has 9 amide bonds. The van der Waals surface area contributed by atoms with Crippen LogP contribution >= 0.6 is 11.6 Å². The second kappa shape index (κ2) is 31.2. The quantitative estimate of drug-likeness (QED) is 0.0364. The lowest BCUT2D eigenvalue weighted by Gasteiger charge is -2.42. The summed E-state index contributed by atoms with van der Waals surface area (Å²) < 4.78 is 35.3. The maximum absolute atomic E-state index is 14.6. The molecule has 0 aromatic heterocycles. The van der Waals surface area contributed by atoms with Gasteiger partial charge in [0.1, 0.15) is 58.6 Å². The van der Waals surface area contributed by atoms with Gasteiger partial charge in [0.05, 0.1) is 38.1 Å². The van der Waals surface area contributed by atoms with Crippen molar-refractivity contribution in [2.75, 3.05) is 65.3 Å². The first-order valence-electron chi connectivity index (χ1n) is 31.0. The van der Waals surface area contributed by atoms with Gasteiger partial charge in [0.2, 0.25) is 29.5 Å². The van der Waals surface area contributed by atoms with E-state index >= 15 is 0 Å². The molecule has 4 heterocycles. The third-order valence-electron chi connectivity index (χ3n) is 17.8. The Balaban J connectivity index is 1.16. The van der Waals surface area contributed by atoms with Gasteiger partial charge in [0, 0.05) is 71.6 Å². The molecule has 4 aliphatic heterocycles. The molecule has 0 aliphatic carbocycles. The summed E-state index contributed by atoms with van der Waals surface area (Å²) in [5.74, 6) is -4.01. The number of rotatable bonds is 23. The van der Waals surface area contributed by atoms with Crippen LogP contribution in [-0.2, 0) is 54.1 Å². The molecule has 8 N–H and O–H groups in total. The number of methoxy groups -OCH3 is 3. The average Bonchev–Trinajstić information content (AvgIpc) is 1.58. The van der Waals surface area contributed by atoms with Crippen LogP contribution in [0.25, 0.3) is 0 Å². The zero-order valence-electron chi connectivity index (χ0n) is 55.0. The van der Waals surface area contributed by atoms with Gasteiger partial charge in [0.15, 0.2) is 5.72 Å². The highest BCUT2D eigenvalue weighted by Crippen LogP contribution is 2.49. The van der Waals surface area contributed by atoms with E-state index in [0.717, 1.165) is 29.0 Å². The molecule has 502 valence electrons. The van der Waals surface area contributed by atoms with E-state index in [1.54, 1.807) is 52.0 Å². The minimum atomic E-state index is -1.92. The normalized spacial score (nSPS) is 25.5.